The van der Waals surface area contributed by atoms with Crippen molar-refractivity contribution in [3.8, 4) is 0 Å². The van der Waals surface area contributed by atoms with Gasteiger partial charge in [-0.1, -0.05) is 37.2 Å². The standard InChI is InChI=1S/C16H23N3O/c1-11(2)17-8-7-16-18-15(19-20-16)10-14-6-5-12(3)13(4)9-14/h5-6,9,11,17H,7-8,10H2,1-4H3. The van der Waals surface area contributed by atoms with Gasteiger partial charge in [0.25, 0.3) is 0 Å². The van der Waals surface area contributed by atoms with Gasteiger partial charge in [-0.15, -0.1) is 0 Å². The van der Waals surface area contributed by atoms with Crippen molar-refractivity contribution < 1.29 is 4.52 Å². The maximum Gasteiger partial charge on any atom is 0.227 e. The van der Waals surface area contributed by atoms with Crippen molar-refractivity contribution in [2.24, 2.45) is 0 Å². The van der Waals surface area contributed by atoms with Crippen LogP contribution in [-0.2, 0) is 12.8 Å². The number of hydrogen-bond donors (Lipinski definition) is 1. The fourth-order valence-electron chi connectivity index (χ4n) is 2.03. The van der Waals surface area contributed by atoms with E-state index < -0.39 is 0 Å². The summed E-state index contributed by atoms with van der Waals surface area (Å²) in [5.41, 5.74) is 3.83. The predicted molar refractivity (Wildman–Crippen MR) is 79.9 cm³/mol. The molecule has 0 bridgehead atoms. The number of nitrogens with zero attached hydrogens (tertiary/aromatic N) is 2. The summed E-state index contributed by atoms with van der Waals surface area (Å²) in [7, 11) is 0. The monoisotopic (exact) mass is 273 g/mol. The molecule has 1 aromatic carbocycles. The van der Waals surface area contributed by atoms with Gasteiger partial charge >= 0.3 is 0 Å². The molecule has 0 aliphatic rings. The molecule has 0 amide bonds. The molecule has 4 nitrogen and oxygen atoms in total. The fourth-order valence-corrected chi connectivity index (χ4v) is 2.03. The van der Waals surface area contributed by atoms with Crippen LogP contribution in [0, 0.1) is 13.8 Å². The highest BCUT2D eigenvalue weighted by Crippen LogP contribution is 2.12. The smallest absolute Gasteiger partial charge is 0.227 e. The quantitative estimate of drug-likeness (QED) is 0.879. The third kappa shape index (κ3) is 4.17. The number of benzene rings is 1. The molecule has 0 spiro atoms. The third-order valence-electron chi connectivity index (χ3n) is 3.34. The Labute approximate surface area is 120 Å². The minimum atomic E-state index is 0.480. The lowest BCUT2D eigenvalue weighted by molar-refractivity contribution is 0.369. The first kappa shape index (κ1) is 14.7. The van der Waals surface area contributed by atoms with E-state index >= 15 is 0 Å². The van der Waals surface area contributed by atoms with Crippen molar-refractivity contribution in [1.82, 2.24) is 15.5 Å². The van der Waals surface area contributed by atoms with E-state index in [1.165, 1.54) is 16.7 Å². The second kappa shape index (κ2) is 6.66. The molecule has 2 aromatic rings. The molecule has 0 aliphatic carbocycles. The molecule has 0 saturated heterocycles. The average Bonchev–Trinajstić information content (AvgIpc) is 2.81. The Morgan fingerprint density at radius 2 is 2.00 bits per heavy atom. The Morgan fingerprint density at radius 1 is 1.20 bits per heavy atom. The van der Waals surface area contributed by atoms with Crippen LogP contribution in [0.25, 0.3) is 0 Å². The van der Waals surface area contributed by atoms with Crippen LogP contribution in [0.5, 0.6) is 0 Å². The molecule has 108 valence electrons. The van der Waals surface area contributed by atoms with Crippen LogP contribution in [0.3, 0.4) is 0 Å². The van der Waals surface area contributed by atoms with Gasteiger partial charge in [0.2, 0.25) is 5.89 Å². The molecule has 0 unspecified atom stereocenters. The summed E-state index contributed by atoms with van der Waals surface area (Å²) in [5.74, 6) is 1.46. The van der Waals surface area contributed by atoms with Crippen molar-refractivity contribution in [2.45, 2.75) is 46.6 Å². The van der Waals surface area contributed by atoms with Crippen LogP contribution in [-0.4, -0.2) is 22.7 Å². The Kier molecular flexibility index (Phi) is 4.90. The summed E-state index contributed by atoms with van der Waals surface area (Å²) < 4.78 is 5.27. The van der Waals surface area contributed by atoms with Gasteiger partial charge in [0.05, 0.1) is 0 Å². The maximum atomic E-state index is 5.27. The summed E-state index contributed by atoms with van der Waals surface area (Å²) in [6.45, 7) is 9.35. The third-order valence-corrected chi connectivity index (χ3v) is 3.34. The van der Waals surface area contributed by atoms with Crippen LogP contribution < -0.4 is 5.32 Å². The number of aryl methyl sites for hydroxylation is 2. The van der Waals surface area contributed by atoms with Crippen LogP contribution in [0.4, 0.5) is 0 Å². The molecule has 0 fully saturated rings. The van der Waals surface area contributed by atoms with Gasteiger partial charge in [0.1, 0.15) is 0 Å². The summed E-state index contributed by atoms with van der Waals surface area (Å²) in [4.78, 5) is 4.44. The van der Waals surface area contributed by atoms with E-state index in [4.69, 9.17) is 4.52 Å². The topological polar surface area (TPSA) is 51.0 Å². The van der Waals surface area contributed by atoms with Crippen LogP contribution >= 0.6 is 0 Å². The Hall–Kier alpha value is -1.68. The minimum absolute atomic E-state index is 0.480. The molecule has 0 saturated carbocycles. The number of aromatic nitrogens is 2. The minimum Gasteiger partial charge on any atom is -0.339 e. The number of nitrogens with one attached hydrogen (secondary N) is 1. The first-order chi connectivity index (χ1) is 9.54. The SMILES string of the molecule is Cc1ccc(Cc2noc(CCNC(C)C)n2)cc1C. The van der Waals surface area contributed by atoms with E-state index in [0.717, 1.165) is 25.2 Å². The average molecular weight is 273 g/mol. The Morgan fingerprint density at radius 3 is 2.70 bits per heavy atom. The van der Waals surface area contributed by atoms with Gasteiger partial charge < -0.3 is 9.84 Å². The number of hydrogen-bond acceptors (Lipinski definition) is 4. The zero-order valence-electron chi connectivity index (χ0n) is 12.7. The van der Waals surface area contributed by atoms with E-state index in [9.17, 15) is 0 Å². The fraction of sp³-hybridized carbons (Fsp3) is 0.500. The molecule has 20 heavy (non-hydrogen) atoms. The largest absolute Gasteiger partial charge is 0.339 e. The van der Waals surface area contributed by atoms with Crippen LogP contribution in [0.1, 0.15) is 42.3 Å². The molecule has 1 aromatic heterocycles. The molecule has 0 aliphatic heterocycles. The summed E-state index contributed by atoms with van der Waals surface area (Å²) in [5, 5.41) is 7.39. The van der Waals surface area contributed by atoms with Crippen molar-refractivity contribution in [3.05, 3.63) is 46.6 Å². The maximum absolute atomic E-state index is 5.27. The predicted octanol–water partition coefficient (Wildman–Crippen LogP) is 2.82. The van der Waals surface area contributed by atoms with Crippen LogP contribution in [0.15, 0.2) is 22.7 Å². The van der Waals surface area contributed by atoms with E-state index in [1.807, 2.05) is 0 Å². The van der Waals surface area contributed by atoms with E-state index in [0.29, 0.717) is 11.9 Å². The molecule has 0 radical (unpaired) electrons. The highest BCUT2D eigenvalue weighted by molar-refractivity contribution is 5.31. The van der Waals surface area contributed by atoms with Gasteiger partial charge in [0.15, 0.2) is 5.82 Å². The summed E-state index contributed by atoms with van der Waals surface area (Å²) in [6, 6.07) is 6.93. The van der Waals surface area contributed by atoms with Crippen LogP contribution in [0.2, 0.25) is 0 Å². The molecule has 1 heterocycles. The molecular formula is C16H23N3O. The van der Waals surface area contributed by atoms with Crippen molar-refractivity contribution in [1.29, 1.82) is 0 Å². The van der Waals surface area contributed by atoms with E-state index in [1.54, 1.807) is 0 Å². The molecule has 0 atom stereocenters. The normalized spacial score (nSPS) is 11.2. The highest BCUT2D eigenvalue weighted by Gasteiger charge is 2.07. The highest BCUT2D eigenvalue weighted by atomic mass is 16.5. The zero-order chi connectivity index (χ0) is 14.5. The van der Waals surface area contributed by atoms with Crippen molar-refractivity contribution >= 4 is 0 Å². The van der Waals surface area contributed by atoms with E-state index in [-0.39, 0.29) is 0 Å². The molecule has 2 rings (SSSR count). The molecule has 1 N–H and O–H groups in total. The van der Waals surface area contributed by atoms with Crippen molar-refractivity contribution in [3.63, 3.8) is 0 Å². The molecular weight excluding hydrogens is 250 g/mol. The first-order valence-electron chi connectivity index (χ1n) is 7.15. The lowest BCUT2D eigenvalue weighted by Crippen LogP contribution is -2.25. The Bertz CT molecular complexity index is 561. The summed E-state index contributed by atoms with van der Waals surface area (Å²) >= 11 is 0. The van der Waals surface area contributed by atoms with Gasteiger partial charge in [-0.2, -0.15) is 4.98 Å². The van der Waals surface area contributed by atoms with Gasteiger partial charge in [-0.05, 0) is 30.5 Å². The second-order valence-corrected chi connectivity index (χ2v) is 5.56. The second-order valence-electron chi connectivity index (χ2n) is 5.56. The van der Waals surface area contributed by atoms with Gasteiger partial charge in [-0.25, -0.2) is 0 Å². The molecule has 4 heteroatoms. The van der Waals surface area contributed by atoms with E-state index in [2.05, 4.69) is 61.4 Å². The van der Waals surface area contributed by atoms with Crippen molar-refractivity contribution in [2.75, 3.05) is 6.54 Å². The van der Waals surface area contributed by atoms with Gasteiger partial charge in [0, 0.05) is 25.4 Å². The number of rotatable bonds is 6. The Balaban J connectivity index is 1.93. The summed E-state index contributed by atoms with van der Waals surface area (Å²) in [6.07, 6.45) is 1.50. The first-order valence-corrected chi connectivity index (χ1v) is 7.15. The van der Waals surface area contributed by atoms with Gasteiger partial charge in [-0.3, -0.25) is 0 Å². The zero-order valence-corrected chi connectivity index (χ0v) is 12.7. The lowest BCUT2D eigenvalue weighted by atomic mass is 10.0. The lowest BCUT2D eigenvalue weighted by Gasteiger charge is -2.04.